The summed E-state index contributed by atoms with van der Waals surface area (Å²) >= 11 is 0. The highest BCUT2D eigenvalue weighted by atomic mass is 19.1. The van der Waals surface area contributed by atoms with Crippen molar-refractivity contribution in [1.82, 2.24) is 15.4 Å². The number of piperidine rings is 1. The second kappa shape index (κ2) is 7.83. The van der Waals surface area contributed by atoms with Gasteiger partial charge in [-0.15, -0.1) is 0 Å². The number of benzene rings is 1. The molecule has 1 aromatic heterocycles. The molecule has 0 spiro atoms. The van der Waals surface area contributed by atoms with Crippen LogP contribution in [0.15, 0.2) is 28.8 Å². The van der Waals surface area contributed by atoms with Crippen molar-refractivity contribution in [3.8, 4) is 11.3 Å². The summed E-state index contributed by atoms with van der Waals surface area (Å²) in [7, 11) is 0. The Morgan fingerprint density at radius 3 is 2.81 bits per heavy atom. The van der Waals surface area contributed by atoms with Crippen LogP contribution in [-0.4, -0.2) is 52.7 Å². The van der Waals surface area contributed by atoms with E-state index in [1.54, 1.807) is 0 Å². The fraction of sp³-hybridized carbons (Fsp3) is 0.389. The van der Waals surface area contributed by atoms with Gasteiger partial charge in [-0.3, -0.25) is 9.59 Å². The predicted octanol–water partition coefficient (Wildman–Crippen LogP) is 2.14. The maximum Gasteiger partial charge on any atom is 0.309 e. The van der Waals surface area contributed by atoms with Crippen molar-refractivity contribution in [2.75, 3.05) is 19.6 Å². The molecule has 2 atom stereocenters. The Morgan fingerprint density at radius 1 is 1.37 bits per heavy atom. The number of amides is 1. The lowest BCUT2D eigenvalue weighted by atomic mass is 9.92. The average Bonchev–Trinajstić information content (AvgIpc) is 3.11. The Labute approximate surface area is 153 Å². The highest BCUT2D eigenvalue weighted by Crippen LogP contribution is 2.24. The van der Waals surface area contributed by atoms with Gasteiger partial charge in [-0.1, -0.05) is 12.1 Å². The Bertz CT molecular complexity index is 855. The zero-order chi connectivity index (χ0) is 19.6. The van der Waals surface area contributed by atoms with Crippen molar-refractivity contribution in [2.45, 2.75) is 19.4 Å². The molecular formula is C18H19F2N3O4. The van der Waals surface area contributed by atoms with E-state index in [1.807, 2.05) is 11.8 Å². The van der Waals surface area contributed by atoms with Crippen molar-refractivity contribution >= 4 is 11.9 Å². The molecule has 1 aliphatic rings. The van der Waals surface area contributed by atoms with E-state index in [4.69, 9.17) is 4.52 Å². The molecule has 2 unspecified atom stereocenters. The number of aromatic nitrogens is 1. The quantitative estimate of drug-likeness (QED) is 0.827. The van der Waals surface area contributed by atoms with Crippen LogP contribution in [0.1, 0.15) is 23.8 Å². The van der Waals surface area contributed by atoms with Crippen LogP contribution < -0.4 is 5.32 Å². The van der Waals surface area contributed by atoms with E-state index in [1.165, 1.54) is 12.1 Å². The van der Waals surface area contributed by atoms with E-state index in [2.05, 4.69) is 10.5 Å². The number of carbonyl (C=O) groups excluding carboxylic acids is 1. The number of aliphatic carboxylic acids is 1. The first-order chi connectivity index (χ1) is 12.9. The summed E-state index contributed by atoms with van der Waals surface area (Å²) in [5, 5.41) is 15.7. The normalized spacial score (nSPS) is 20.4. The molecule has 2 heterocycles. The van der Waals surface area contributed by atoms with Crippen molar-refractivity contribution in [3.05, 3.63) is 41.6 Å². The Morgan fingerprint density at radius 2 is 2.15 bits per heavy atom. The second-order valence-corrected chi connectivity index (χ2v) is 6.41. The molecule has 1 amide bonds. The third-order valence-corrected chi connectivity index (χ3v) is 4.72. The number of halogens is 2. The predicted molar refractivity (Wildman–Crippen MR) is 91.0 cm³/mol. The number of hydrogen-bond acceptors (Lipinski definition) is 5. The summed E-state index contributed by atoms with van der Waals surface area (Å²) in [5.41, 5.74) is -0.126. The monoisotopic (exact) mass is 379 g/mol. The number of carboxylic acids is 1. The Hall–Kier alpha value is -2.81. The van der Waals surface area contributed by atoms with Gasteiger partial charge in [-0.2, -0.15) is 0 Å². The van der Waals surface area contributed by atoms with Gasteiger partial charge in [0.1, 0.15) is 11.6 Å². The maximum absolute atomic E-state index is 13.8. The minimum atomic E-state index is -0.979. The largest absolute Gasteiger partial charge is 0.481 e. The third-order valence-electron chi connectivity index (χ3n) is 4.72. The van der Waals surface area contributed by atoms with Crippen LogP contribution in [0.5, 0.6) is 0 Å². The first kappa shape index (κ1) is 19.0. The van der Waals surface area contributed by atoms with E-state index >= 15 is 0 Å². The minimum Gasteiger partial charge on any atom is -0.481 e. The number of hydrogen-bond donors (Lipinski definition) is 2. The summed E-state index contributed by atoms with van der Waals surface area (Å²) < 4.78 is 31.8. The molecular weight excluding hydrogens is 360 g/mol. The number of nitrogens with zero attached hydrogens (tertiary/aromatic N) is 2. The van der Waals surface area contributed by atoms with Crippen LogP contribution in [0.2, 0.25) is 0 Å². The van der Waals surface area contributed by atoms with Gasteiger partial charge in [0.15, 0.2) is 11.5 Å². The molecule has 0 radical (unpaired) electrons. The molecule has 1 fully saturated rings. The molecule has 0 bridgehead atoms. The van der Waals surface area contributed by atoms with E-state index in [0.717, 1.165) is 12.6 Å². The number of likely N-dealkylation sites (tertiary alicyclic amines) is 1. The van der Waals surface area contributed by atoms with Gasteiger partial charge in [0.05, 0.1) is 11.5 Å². The molecule has 1 aromatic carbocycles. The van der Waals surface area contributed by atoms with Crippen molar-refractivity contribution < 1.29 is 28.0 Å². The van der Waals surface area contributed by atoms with E-state index < -0.39 is 35.5 Å². The molecule has 27 heavy (non-hydrogen) atoms. The van der Waals surface area contributed by atoms with Gasteiger partial charge < -0.3 is 19.8 Å². The zero-order valence-corrected chi connectivity index (χ0v) is 14.6. The molecule has 0 aliphatic carbocycles. The van der Waals surface area contributed by atoms with E-state index in [9.17, 15) is 23.5 Å². The van der Waals surface area contributed by atoms with Crippen LogP contribution in [0.4, 0.5) is 8.78 Å². The highest BCUT2D eigenvalue weighted by molar-refractivity contribution is 5.93. The van der Waals surface area contributed by atoms with Gasteiger partial charge in [-0.25, -0.2) is 8.78 Å². The Balaban J connectivity index is 1.73. The molecule has 2 N–H and O–H groups in total. The van der Waals surface area contributed by atoms with E-state index in [0.29, 0.717) is 25.6 Å². The summed E-state index contributed by atoms with van der Waals surface area (Å²) in [4.78, 5) is 25.9. The summed E-state index contributed by atoms with van der Waals surface area (Å²) in [5.74, 6) is -3.90. The van der Waals surface area contributed by atoms with Gasteiger partial charge in [0, 0.05) is 31.3 Å². The van der Waals surface area contributed by atoms with Crippen molar-refractivity contribution in [3.63, 3.8) is 0 Å². The lowest BCUT2D eigenvalue weighted by Gasteiger charge is -2.36. The molecule has 1 saturated heterocycles. The highest BCUT2D eigenvalue weighted by Gasteiger charge is 2.35. The smallest absolute Gasteiger partial charge is 0.309 e. The summed E-state index contributed by atoms with van der Waals surface area (Å²) in [6, 6.07) is 3.66. The summed E-state index contributed by atoms with van der Waals surface area (Å²) in [6.45, 7) is 3.71. The molecule has 7 nitrogen and oxygen atoms in total. The lowest BCUT2D eigenvalue weighted by Crippen LogP contribution is -2.53. The van der Waals surface area contributed by atoms with Crippen molar-refractivity contribution in [2.24, 2.45) is 5.92 Å². The SMILES string of the molecule is CCN1CCC(NC(=O)c2cc(-c3ccc(F)cc3F)on2)C(C(=O)O)C1. The maximum atomic E-state index is 13.8. The van der Waals surface area contributed by atoms with Gasteiger partial charge in [0.2, 0.25) is 0 Å². The topological polar surface area (TPSA) is 95.7 Å². The number of carbonyl (C=O) groups is 2. The van der Waals surface area contributed by atoms with Crippen LogP contribution in [0.25, 0.3) is 11.3 Å². The average molecular weight is 379 g/mol. The first-order valence-corrected chi connectivity index (χ1v) is 8.57. The molecule has 2 aromatic rings. The summed E-state index contributed by atoms with van der Waals surface area (Å²) in [6.07, 6.45) is 0.494. The van der Waals surface area contributed by atoms with E-state index in [-0.39, 0.29) is 17.0 Å². The van der Waals surface area contributed by atoms with Crippen LogP contribution in [0.3, 0.4) is 0 Å². The molecule has 0 saturated carbocycles. The lowest BCUT2D eigenvalue weighted by molar-refractivity contribution is -0.144. The fourth-order valence-corrected chi connectivity index (χ4v) is 3.17. The van der Waals surface area contributed by atoms with Crippen molar-refractivity contribution in [1.29, 1.82) is 0 Å². The Kier molecular flexibility index (Phi) is 5.50. The van der Waals surface area contributed by atoms with Gasteiger partial charge >= 0.3 is 5.97 Å². The van der Waals surface area contributed by atoms with Crippen LogP contribution in [0, 0.1) is 17.6 Å². The van der Waals surface area contributed by atoms with Gasteiger partial charge in [0.25, 0.3) is 5.91 Å². The standard InChI is InChI=1S/C18H19F2N3O4/c1-2-23-6-5-14(12(9-23)18(25)26)21-17(24)15-8-16(27-22-15)11-4-3-10(19)7-13(11)20/h3-4,7-8,12,14H,2,5-6,9H2,1H3,(H,21,24)(H,25,26). The first-order valence-electron chi connectivity index (χ1n) is 8.57. The zero-order valence-electron chi connectivity index (χ0n) is 14.6. The van der Waals surface area contributed by atoms with Gasteiger partial charge in [-0.05, 0) is 25.1 Å². The van der Waals surface area contributed by atoms with Crippen LogP contribution in [-0.2, 0) is 4.79 Å². The molecule has 3 rings (SSSR count). The van der Waals surface area contributed by atoms with Crippen LogP contribution >= 0.6 is 0 Å². The minimum absolute atomic E-state index is 0.0202. The molecule has 9 heteroatoms. The fourth-order valence-electron chi connectivity index (χ4n) is 3.17. The number of carboxylic acid groups (broad SMARTS) is 1. The third kappa shape index (κ3) is 4.13. The molecule has 144 valence electrons. The number of nitrogens with one attached hydrogen (secondary N) is 1. The number of rotatable bonds is 5. The second-order valence-electron chi connectivity index (χ2n) is 6.41. The molecule has 1 aliphatic heterocycles.